The first-order chi connectivity index (χ1) is 11.5. The Morgan fingerprint density at radius 1 is 1.17 bits per heavy atom. The van der Waals surface area contributed by atoms with E-state index in [9.17, 15) is 14.7 Å². The molecule has 3 N–H and O–H groups in total. The maximum atomic E-state index is 12.1. The fourth-order valence-corrected chi connectivity index (χ4v) is 2.21. The summed E-state index contributed by atoms with van der Waals surface area (Å²) in [6.07, 6.45) is 0. The van der Waals surface area contributed by atoms with E-state index in [1.165, 1.54) is 6.92 Å². The molecule has 24 heavy (non-hydrogen) atoms. The summed E-state index contributed by atoms with van der Waals surface area (Å²) in [5.41, 5.74) is 1.78. The molecule has 0 saturated heterocycles. The van der Waals surface area contributed by atoms with Gasteiger partial charge in [-0.05, 0) is 36.8 Å². The van der Waals surface area contributed by atoms with Crippen molar-refractivity contribution in [3.8, 4) is 5.75 Å². The minimum absolute atomic E-state index is 0.0782. The van der Waals surface area contributed by atoms with E-state index in [1.54, 1.807) is 55.6 Å². The van der Waals surface area contributed by atoms with Gasteiger partial charge in [0.25, 0.3) is 0 Å². The molecule has 0 saturated carbocycles. The van der Waals surface area contributed by atoms with Crippen LogP contribution in [0.4, 0.5) is 10.5 Å². The number of urea groups is 1. The Morgan fingerprint density at radius 2 is 1.88 bits per heavy atom. The zero-order chi connectivity index (χ0) is 17.5. The van der Waals surface area contributed by atoms with Crippen molar-refractivity contribution in [1.29, 1.82) is 0 Å². The molecule has 2 aromatic carbocycles. The number of methoxy groups -OCH3 is 1. The van der Waals surface area contributed by atoms with Gasteiger partial charge >= 0.3 is 6.03 Å². The molecule has 0 heterocycles. The molecule has 0 aliphatic carbocycles. The lowest BCUT2D eigenvalue weighted by Gasteiger charge is -2.17. The van der Waals surface area contributed by atoms with E-state index in [0.29, 0.717) is 17.0 Å². The molecule has 126 valence electrons. The molecule has 1 atom stereocenters. The van der Waals surface area contributed by atoms with Gasteiger partial charge in [-0.15, -0.1) is 0 Å². The molecule has 0 radical (unpaired) electrons. The van der Waals surface area contributed by atoms with Crippen LogP contribution in [-0.4, -0.2) is 30.6 Å². The zero-order valence-electron chi connectivity index (χ0n) is 13.6. The van der Waals surface area contributed by atoms with Crippen molar-refractivity contribution >= 4 is 17.5 Å². The van der Waals surface area contributed by atoms with Crippen LogP contribution in [0.1, 0.15) is 28.9 Å². The standard InChI is InChI=1S/C18H20N2O4/c1-12(22)14-4-3-5-15(10-14)19-18(23)20-17(11-21)13-6-8-16(24-2)9-7-13/h3-10,17,21H,11H2,1-2H3,(H2,19,20,23)/t17-/m0/s1. The van der Waals surface area contributed by atoms with Crippen molar-refractivity contribution in [1.82, 2.24) is 5.32 Å². The number of aliphatic hydroxyl groups is 1. The Kier molecular flexibility index (Phi) is 5.92. The minimum atomic E-state index is -0.549. The van der Waals surface area contributed by atoms with Crippen LogP contribution in [0, 0.1) is 0 Å². The molecule has 2 aromatic rings. The zero-order valence-corrected chi connectivity index (χ0v) is 13.6. The maximum Gasteiger partial charge on any atom is 0.319 e. The summed E-state index contributed by atoms with van der Waals surface area (Å²) in [6.45, 7) is 1.22. The van der Waals surface area contributed by atoms with Crippen LogP contribution < -0.4 is 15.4 Å². The highest BCUT2D eigenvalue weighted by atomic mass is 16.5. The number of ether oxygens (including phenoxy) is 1. The lowest BCUT2D eigenvalue weighted by atomic mass is 10.1. The molecule has 0 aliphatic rings. The van der Waals surface area contributed by atoms with Gasteiger partial charge in [0.1, 0.15) is 5.75 Å². The third-order valence-electron chi connectivity index (χ3n) is 3.53. The maximum absolute atomic E-state index is 12.1. The quantitative estimate of drug-likeness (QED) is 0.712. The third kappa shape index (κ3) is 4.57. The Balaban J connectivity index is 2.03. The number of hydrogen-bond donors (Lipinski definition) is 3. The molecule has 0 aliphatic heterocycles. The largest absolute Gasteiger partial charge is 0.497 e. The van der Waals surface area contributed by atoms with Crippen LogP contribution in [0.15, 0.2) is 48.5 Å². The molecule has 2 rings (SSSR count). The van der Waals surface area contributed by atoms with Gasteiger partial charge < -0.3 is 20.5 Å². The molecule has 6 heteroatoms. The highest BCUT2D eigenvalue weighted by Crippen LogP contribution is 2.18. The second-order valence-electron chi connectivity index (χ2n) is 5.24. The van der Waals surface area contributed by atoms with Crippen LogP contribution in [0.25, 0.3) is 0 Å². The topological polar surface area (TPSA) is 87.7 Å². The number of Topliss-reactive ketones (excluding diaryl/α,β-unsaturated/α-hetero) is 1. The monoisotopic (exact) mass is 328 g/mol. The van der Waals surface area contributed by atoms with Crippen molar-refractivity contribution in [2.75, 3.05) is 19.0 Å². The molecule has 6 nitrogen and oxygen atoms in total. The van der Waals surface area contributed by atoms with Crippen LogP contribution >= 0.6 is 0 Å². The second-order valence-corrected chi connectivity index (χ2v) is 5.24. The summed E-state index contributed by atoms with van der Waals surface area (Å²) in [6, 6.07) is 12.7. The number of hydrogen-bond acceptors (Lipinski definition) is 4. The van der Waals surface area contributed by atoms with Crippen molar-refractivity contribution in [3.63, 3.8) is 0 Å². The first-order valence-corrected chi connectivity index (χ1v) is 7.47. The summed E-state index contributed by atoms with van der Waals surface area (Å²) in [5.74, 6) is 0.617. The fraction of sp³-hybridized carbons (Fsp3) is 0.222. The smallest absolute Gasteiger partial charge is 0.319 e. The Bertz CT molecular complexity index is 713. The van der Waals surface area contributed by atoms with E-state index >= 15 is 0 Å². The summed E-state index contributed by atoms with van der Waals surface area (Å²) < 4.78 is 5.08. The normalized spacial score (nSPS) is 11.5. The lowest BCUT2D eigenvalue weighted by molar-refractivity contribution is 0.101. The number of rotatable bonds is 6. The van der Waals surface area contributed by atoms with Gasteiger partial charge in [-0.2, -0.15) is 0 Å². The number of nitrogens with one attached hydrogen (secondary N) is 2. The molecule has 0 unspecified atom stereocenters. The van der Waals surface area contributed by atoms with Gasteiger partial charge in [-0.1, -0.05) is 24.3 Å². The molecule has 0 bridgehead atoms. The van der Waals surface area contributed by atoms with Gasteiger partial charge in [-0.3, -0.25) is 4.79 Å². The Hall–Kier alpha value is -2.86. The highest BCUT2D eigenvalue weighted by molar-refractivity contribution is 5.96. The number of aliphatic hydroxyl groups excluding tert-OH is 1. The van der Waals surface area contributed by atoms with Gasteiger partial charge in [0.2, 0.25) is 0 Å². The van der Waals surface area contributed by atoms with Gasteiger partial charge in [0.15, 0.2) is 5.78 Å². The van der Waals surface area contributed by atoms with Crippen molar-refractivity contribution in [2.45, 2.75) is 13.0 Å². The van der Waals surface area contributed by atoms with E-state index in [1.807, 2.05) is 0 Å². The van der Waals surface area contributed by atoms with Crippen molar-refractivity contribution in [2.24, 2.45) is 0 Å². The number of benzene rings is 2. The molecule has 0 spiro atoms. The van der Waals surface area contributed by atoms with E-state index < -0.39 is 12.1 Å². The fourth-order valence-electron chi connectivity index (χ4n) is 2.21. The van der Waals surface area contributed by atoms with Crippen molar-refractivity contribution in [3.05, 3.63) is 59.7 Å². The summed E-state index contributed by atoms with van der Waals surface area (Å²) in [4.78, 5) is 23.5. The molecular formula is C18H20N2O4. The second kappa shape index (κ2) is 8.12. The average Bonchev–Trinajstić information content (AvgIpc) is 2.60. The Labute approximate surface area is 140 Å². The molecular weight excluding hydrogens is 308 g/mol. The predicted molar refractivity (Wildman–Crippen MR) is 91.4 cm³/mol. The minimum Gasteiger partial charge on any atom is -0.497 e. The molecule has 0 fully saturated rings. The molecule has 0 aromatic heterocycles. The van der Waals surface area contributed by atoms with Crippen LogP contribution in [-0.2, 0) is 0 Å². The van der Waals surface area contributed by atoms with E-state index in [2.05, 4.69) is 10.6 Å². The number of carbonyl (C=O) groups excluding carboxylic acids is 2. The summed E-state index contributed by atoms with van der Waals surface area (Å²) in [5, 5.41) is 14.9. The number of carbonyl (C=O) groups is 2. The number of anilines is 1. The SMILES string of the molecule is COc1ccc([C@H](CO)NC(=O)Nc2cccc(C(C)=O)c2)cc1. The van der Waals surface area contributed by atoms with Crippen molar-refractivity contribution < 1.29 is 19.4 Å². The predicted octanol–water partition coefficient (Wildman–Crippen LogP) is 2.75. The first-order valence-electron chi connectivity index (χ1n) is 7.47. The average molecular weight is 328 g/mol. The first kappa shape index (κ1) is 17.5. The summed E-state index contributed by atoms with van der Waals surface area (Å²) >= 11 is 0. The third-order valence-corrected chi connectivity index (χ3v) is 3.53. The highest BCUT2D eigenvalue weighted by Gasteiger charge is 2.14. The van der Waals surface area contributed by atoms with E-state index in [4.69, 9.17) is 4.74 Å². The molecule has 2 amide bonds. The number of ketones is 1. The Morgan fingerprint density at radius 3 is 2.46 bits per heavy atom. The van der Waals surface area contributed by atoms with Gasteiger partial charge in [0, 0.05) is 11.3 Å². The van der Waals surface area contributed by atoms with Gasteiger partial charge in [-0.25, -0.2) is 4.79 Å². The lowest BCUT2D eigenvalue weighted by Crippen LogP contribution is -2.34. The van der Waals surface area contributed by atoms with Gasteiger partial charge in [0.05, 0.1) is 19.8 Å². The number of amides is 2. The van der Waals surface area contributed by atoms with Crippen LogP contribution in [0.3, 0.4) is 0 Å². The van der Waals surface area contributed by atoms with E-state index in [0.717, 1.165) is 5.56 Å². The summed E-state index contributed by atoms with van der Waals surface area (Å²) in [7, 11) is 1.57. The van der Waals surface area contributed by atoms with Crippen LogP contribution in [0.5, 0.6) is 5.75 Å². The van der Waals surface area contributed by atoms with Crippen LogP contribution in [0.2, 0.25) is 0 Å². The van der Waals surface area contributed by atoms with E-state index in [-0.39, 0.29) is 12.4 Å².